The van der Waals surface area contributed by atoms with Crippen LogP contribution in [0.5, 0.6) is 0 Å². The molecule has 0 aliphatic heterocycles. The van der Waals surface area contributed by atoms with Crippen LogP contribution in [0.3, 0.4) is 0 Å². The van der Waals surface area contributed by atoms with Crippen LogP contribution in [0, 0.1) is 0 Å². The highest BCUT2D eigenvalue weighted by atomic mass is 16.1. The number of hydrazine groups is 1. The molecule has 0 saturated heterocycles. The first-order valence-corrected chi connectivity index (χ1v) is 4.34. The van der Waals surface area contributed by atoms with E-state index in [0.29, 0.717) is 5.70 Å². The Morgan fingerprint density at radius 1 is 1.62 bits per heavy atom. The van der Waals surface area contributed by atoms with Gasteiger partial charge in [0.15, 0.2) is 5.78 Å². The summed E-state index contributed by atoms with van der Waals surface area (Å²) >= 11 is 0. The molecular formula is C9H17N3O. The maximum absolute atomic E-state index is 11.2. The summed E-state index contributed by atoms with van der Waals surface area (Å²) in [4.78, 5) is 11.2. The molecule has 0 amide bonds. The molecule has 0 atom stereocenters. The van der Waals surface area contributed by atoms with E-state index in [1.165, 1.54) is 12.0 Å². The zero-order valence-electron chi connectivity index (χ0n) is 8.66. The topological polar surface area (TPSA) is 44.7 Å². The van der Waals surface area contributed by atoms with E-state index in [1.54, 1.807) is 20.2 Å². The number of hydrazone groups is 1. The Kier molecular flexibility index (Phi) is 5.80. The normalized spacial score (nSPS) is 12.2. The molecule has 1 N–H and O–H groups in total. The fraction of sp³-hybridized carbons (Fsp3) is 0.556. The largest absolute Gasteiger partial charge is 0.293 e. The third-order valence-corrected chi connectivity index (χ3v) is 1.43. The van der Waals surface area contributed by atoms with Crippen LogP contribution in [0.15, 0.2) is 16.9 Å². The first-order valence-electron chi connectivity index (χ1n) is 4.34. The summed E-state index contributed by atoms with van der Waals surface area (Å²) in [7, 11) is 1.72. The van der Waals surface area contributed by atoms with E-state index in [4.69, 9.17) is 0 Å². The second-order valence-electron chi connectivity index (χ2n) is 2.46. The predicted octanol–water partition coefficient (Wildman–Crippen LogP) is 1.31. The van der Waals surface area contributed by atoms with Crippen molar-refractivity contribution in [1.29, 1.82) is 0 Å². The molecule has 0 rings (SSSR count). The smallest absolute Gasteiger partial charge is 0.179 e. The van der Waals surface area contributed by atoms with Crippen LogP contribution in [-0.2, 0) is 4.79 Å². The fourth-order valence-corrected chi connectivity index (χ4v) is 0.929. The number of Topliss-reactive ketones (excluding diaryl/α,β-unsaturated/α-hetero) is 1. The monoisotopic (exact) mass is 183 g/mol. The number of hydrogen-bond acceptors (Lipinski definition) is 4. The molecule has 0 unspecified atom stereocenters. The minimum atomic E-state index is 0.00167. The number of nitrogens with zero attached hydrogens (tertiary/aromatic N) is 2. The van der Waals surface area contributed by atoms with Crippen molar-refractivity contribution in [2.75, 3.05) is 7.05 Å². The van der Waals surface area contributed by atoms with Gasteiger partial charge in [-0.25, -0.2) is 5.43 Å². The lowest BCUT2D eigenvalue weighted by molar-refractivity contribution is -0.115. The van der Waals surface area contributed by atoms with Gasteiger partial charge in [-0.15, -0.1) is 0 Å². The van der Waals surface area contributed by atoms with E-state index in [2.05, 4.69) is 10.5 Å². The molecule has 0 spiro atoms. The summed E-state index contributed by atoms with van der Waals surface area (Å²) in [6.07, 6.45) is 4.28. The number of hydrogen-bond donors (Lipinski definition) is 1. The summed E-state index contributed by atoms with van der Waals surface area (Å²) in [6.45, 7) is 5.30. The molecular weight excluding hydrogens is 166 g/mol. The molecule has 0 saturated carbocycles. The summed E-state index contributed by atoms with van der Waals surface area (Å²) in [5, 5.41) is 5.46. The number of carbonyl (C=O) groups excluding carboxylic acids is 1. The molecule has 74 valence electrons. The Balaban J connectivity index is 4.69. The van der Waals surface area contributed by atoms with Crippen LogP contribution in [-0.4, -0.2) is 24.2 Å². The average Bonchev–Trinajstić information content (AvgIpc) is 2.10. The van der Waals surface area contributed by atoms with E-state index in [1.807, 2.05) is 13.0 Å². The van der Waals surface area contributed by atoms with Crippen LogP contribution in [0.2, 0.25) is 0 Å². The maximum Gasteiger partial charge on any atom is 0.179 e. The third kappa shape index (κ3) is 3.85. The summed E-state index contributed by atoms with van der Waals surface area (Å²) < 4.78 is 0. The van der Waals surface area contributed by atoms with Gasteiger partial charge in [-0.3, -0.25) is 4.79 Å². The minimum Gasteiger partial charge on any atom is -0.293 e. The van der Waals surface area contributed by atoms with Crippen LogP contribution in [0.1, 0.15) is 27.2 Å². The first-order chi connectivity index (χ1) is 6.17. The van der Waals surface area contributed by atoms with Gasteiger partial charge in [-0.2, -0.15) is 10.2 Å². The SMILES string of the molecule is C/C=N\N(NC)/C(=C\CC)C(C)=O. The van der Waals surface area contributed by atoms with Crippen molar-refractivity contribution in [3.8, 4) is 0 Å². The van der Waals surface area contributed by atoms with Gasteiger partial charge in [-0.1, -0.05) is 13.0 Å². The fourth-order valence-electron chi connectivity index (χ4n) is 0.929. The first kappa shape index (κ1) is 11.8. The Labute approximate surface area is 79.3 Å². The summed E-state index contributed by atoms with van der Waals surface area (Å²) in [5.74, 6) is 0.00167. The molecule has 0 aliphatic carbocycles. The molecule has 0 aromatic heterocycles. The highest BCUT2D eigenvalue weighted by Gasteiger charge is 2.09. The molecule has 0 aromatic rings. The van der Waals surface area contributed by atoms with Crippen molar-refractivity contribution < 1.29 is 4.79 Å². The number of rotatable bonds is 5. The van der Waals surface area contributed by atoms with E-state index in [0.717, 1.165) is 6.42 Å². The lowest BCUT2D eigenvalue weighted by Gasteiger charge is -2.18. The van der Waals surface area contributed by atoms with Crippen LogP contribution < -0.4 is 5.43 Å². The van der Waals surface area contributed by atoms with Gasteiger partial charge in [0, 0.05) is 20.2 Å². The van der Waals surface area contributed by atoms with Gasteiger partial charge in [0.2, 0.25) is 0 Å². The van der Waals surface area contributed by atoms with Crippen molar-refractivity contribution >= 4 is 12.0 Å². The van der Waals surface area contributed by atoms with Gasteiger partial charge >= 0.3 is 0 Å². The van der Waals surface area contributed by atoms with Crippen LogP contribution in [0.25, 0.3) is 0 Å². The van der Waals surface area contributed by atoms with Gasteiger partial charge in [0.1, 0.15) is 5.70 Å². The lowest BCUT2D eigenvalue weighted by atomic mass is 10.3. The zero-order chi connectivity index (χ0) is 10.3. The lowest BCUT2D eigenvalue weighted by Crippen LogP contribution is -2.32. The quantitative estimate of drug-likeness (QED) is 0.397. The molecule has 0 heterocycles. The Bertz CT molecular complexity index is 221. The number of carbonyl (C=O) groups is 1. The molecule has 0 radical (unpaired) electrons. The van der Waals surface area contributed by atoms with Gasteiger partial charge in [0.05, 0.1) is 0 Å². The Morgan fingerprint density at radius 2 is 2.23 bits per heavy atom. The van der Waals surface area contributed by atoms with Crippen LogP contribution in [0.4, 0.5) is 0 Å². The van der Waals surface area contributed by atoms with E-state index in [9.17, 15) is 4.79 Å². The molecule has 4 nitrogen and oxygen atoms in total. The standard InChI is InChI=1S/C9H17N3O/c1-5-7-9(8(3)13)12(10-4)11-6-2/h6-7,10H,5H2,1-4H3/b9-7-,11-6-. The molecule has 0 bridgehead atoms. The Morgan fingerprint density at radius 3 is 2.54 bits per heavy atom. The number of ketones is 1. The molecule has 0 aliphatic rings. The van der Waals surface area contributed by atoms with Crippen molar-refractivity contribution in [1.82, 2.24) is 10.5 Å². The van der Waals surface area contributed by atoms with Crippen LogP contribution >= 0.6 is 0 Å². The molecule has 0 fully saturated rings. The Hall–Kier alpha value is -1.16. The second-order valence-corrected chi connectivity index (χ2v) is 2.46. The number of allylic oxidation sites excluding steroid dienone is 2. The predicted molar refractivity (Wildman–Crippen MR) is 54.1 cm³/mol. The second kappa shape index (κ2) is 6.37. The van der Waals surface area contributed by atoms with Crippen molar-refractivity contribution in [2.45, 2.75) is 27.2 Å². The van der Waals surface area contributed by atoms with E-state index >= 15 is 0 Å². The summed E-state index contributed by atoms with van der Waals surface area (Å²) in [5.41, 5.74) is 3.39. The van der Waals surface area contributed by atoms with Gasteiger partial charge in [0.25, 0.3) is 0 Å². The highest BCUT2D eigenvalue weighted by molar-refractivity contribution is 5.92. The minimum absolute atomic E-state index is 0.00167. The van der Waals surface area contributed by atoms with Gasteiger partial charge in [-0.05, 0) is 13.3 Å². The molecule has 13 heavy (non-hydrogen) atoms. The van der Waals surface area contributed by atoms with E-state index in [-0.39, 0.29) is 5.78 Å². The summed E-state index contributed by atoms with van der Waals surface area (Å²) in [6, 6.07) is 0. The van der Waals surface area contributed by atoms with E-state index < -0.39 is 0 Å². The van der Waals surface area contributed by atoms with Crippen molar-refractivity contribution in [3.63, 3.8) is 0 Å². The van der Waals surface area contributed by atoms with Crippen molar-refractivity contribution in [2.24, 2.45) is 5.10 Å². The molecule has 4 heteroatoms. The third-order valence-electron chi connectivity index (χ3n) is 1.43. The van der Waals surface area contributed by atoms with Gasteiger partial charge < -0.3 is 0 Å². The zero-order valence-corrected chi connectivity index (χ0v) is 8.66. The van der Waals surface area contributed by atoms with Crippen molar-refractivity contribution in [3.05, 3.63) is 11.8 Å². The maximum atomic E-state index is 11.2. The number of nitrogens with one attached hydrogen (secondary N) is 1. The highest BCUT2D eigenvalue weighted by Crippen LogP contribution is 2.04. The molecule has 0 aromatic carbocycles. The average molecular weight is 183 g/mol.